The summed E-state index contributed by atoms with van der Waals surface area (Å²) in [4.78, 5) is 15.2. The van der Waals surface area contributed by atoms with Crippen molar-refractivity contribution in [2.24, 2.45) is 5.41 Å². The third-order valence-electron chi connectivity index (χ3n) is 2.61. The molecular weight excluding hydrogens is 196 g/mol. The van der Waals surface area contributed by atoms with Crippen molar-refractivity contribution in [2.75, 3.05) is 6.61 Å². The van der Waals surface area contributed by atoms with E-state index in [0.29, 0.717) is 17.9 Å². The average Bonchev–Trinajstić information content (AvgIpc) is 2.75. The van der Waals surface area contributed by atoms with Gasteiger partial charge in [0.2, 0.25) is 5.89 Å². The first kappa shape index (κ1) is 10.1. The number of hydrogen-bond donors (Lipinski definition) is 0. The maximum atomic E-state index is 11.2. The van der Waals surface area contributed by atoms with Gasteiger partial charge in [-0.15, -0.1) is 0 Å². The van der Waals surface area contributed by atoms with E-state index in [1.165, 1.54) is 12.8 Å². The van der Waals surface area contributed by atoms with Crippen molar-refractivity contribution in [2.45, 2.75) is 33.1 Å². The van der Waals surface area contributed by atoms with Crippen molar-refractivity contribution in [3.8, 4) is 0 Å². The largest absolute Gasteiger partial charge is 0.460 e. The maximum Gasteiger partial charge on any atom is 0.379 e. The number of nitrogens with zero attached hydrogens (tertiary/aromatic N) is 2. The summed E-state index contributed by atoms with van der Waals surface area (Å²) in [6.45, 7) is 4.23. The molecule has 1 saturated carbocycles. The Labute approximate surface area is 87.8 Å². The molecule has 1 aliphatic carbocycles. The first-order chi connectivity index (χ1) is 7.13. The molecule has 1 aliphatic rings. The van der Waals surface area contributed by atoms with Crippen LogP contribution >= 0.6 is 0 Å². The Kier molecular flexibility index (Phi) is 2.46. The molecular formula is C10H14N2O3. The van der Waals surface area contributed by atoms with Crippen LogP contribution in [-0.2, 0) is 11.2 Å². The van der Waals surface area contributed by atoms with E-state index in [1.54, 1.807) is 6.92 Å². The van der Waals surface area contributed by atoms with E-state index >= 15 is 0 Å². The summed E-state index contributed by atoms with van der Waals surface area (Å²) in [6.07, 6.45) is 3.12. The number of carbonyl (C=O) groups is 1. The molecule has 15 heavy (non-hydrogen) atoms. The summed E-state index contributed by atoms with van der Waals surface area (Å²) in [5, 5.41) is 3.59. The van der Waals surface area contributed by atoms with Gasteiger partial charge >= 0.3 is 5.97 Å². The summed E-state index contributed by atoms with van der Waals surface area (Å²) >= 11 is 0. The average molecular weight is 210 g/mol. The van der Waals surface area contributed by atoms with Crippen molar-refractivity contribution in [3.63, 3.8) is 0 Å². The standard InChI is InChI=1S/C10H14N2O3/c1-3-14-9(13)8-11-7(15-12-8)6-10(2)4-5-10/h3-6H2,1-2H3. The smallest absolute Gasteiger partial charge is 0.379 e. The van der Waals surface area contributed by atoms with Crippen molar-refractivity contribution in [1.82, 2.24) is 10.1 Å². The van der Waals surface area contributed by atoms with Gasteiger partial charge < -0.3 is 9.26 Å². The Balaban J connectivity index is 2.00. The van der Waals surface area contributed by atoms with Gasteiger partial charge in [0.15, 0.2) is 0 Å². The molecule has 0 radical (unpaired) electrons. The normalized spacial score (nSPS) is 17.5. The van der Waals surface area contributed by atoms with E-state index in [9.17, 15) is 4.79 Å². The molecule has 2 rings (SSSR count). The summed E-state index contributed by atoms with van der Waals surface area (Å²) in [6, 6.07) is 0. The SMILES string of the molecule is CCOC(=O)c1noc(CC2(C)CC2)n1. The lowest BCUT2D eigenvalue weighted by molar-refractivity contribution is 0.0508. The van der Waals surface area contributed by atoms with Crippen LogP contribution in [0.25, 0.3) is 0 Å². The predicted molar refractivity (Wildman–Crippen MR) is 51.3 cm³/mol. The molecule has 0 N–H and O–H groups in total. The van der Waals surface area contributed by atoms with Crippen molar-refractivity contribution < 1.29 is 14.1 Å². The first-order valence-electron chi connectivity index (χ1n) is 5.13. The molecule has 0 spiro atoms. The highest BCUT2D eigenvalue weighted by atomic mass is 16.5. The van der Waals surface area contributed by atoms with Gasteiger partial charge in [0.1, 0.15) is 0 Å². The molecule has 0 saturated heterocycles. The Morgan fingerprint density at radius 1 is 1.60 bits per heavy atom. The van der Waals surface area contributed by atoms with E-state index in [-0.39, 0.29) is 5.82 Å². The van der Waals surface area contributed by atoms with Crippen LogP contribution in [0.2, 0.25) is 0 Å². The molecule has 0 aromatic carbocycles. The van der Waals surface area contributed by atoms with E-state index in [0.717, 1.165) is 6.42 Å². The van der Waals surface area contributed by atoms with E-state index < -0.39 is 5.97 Å². The number of rotatable bonds is 4. The second-order valence-corrected chi connectivity index (χ2v) is 4.22. The predicted octanol–water partition coefficient (Wildman–Crippen LogP) is 1.59. The topological polar surface area (TPSA) is 65.2 Å². The van der Waals surface area contributed by atoms with Gasteiger partial charge in [0.25, 0.3) is 5.82 Å². The first-order valence-corrected chi connectivity index (χ1v) is 5.13. The highest BCUT2D eigenvalue weighted by Gasteiger charge is 2.39. The van der Waals surface area contributed by atoms with Gasteiger partial charge in [-0.3, -0.25) is 0 Å². The van der Waals surface area contributed by atoms with Crippen LogP contribution in [0, 0.1) is 5.41 Å². The Hall–Kier alpha value is -1.39. The van der Waals surface area contributed by atoms with E-state index in [4.69, 9.17) is 9.26 Å². The quantitative estimate of drug-likeness (QED) is 0.706. The number of hydrogen-bond acceptors (Lipinski definition) is 5. The number of esters is 1. The zero-order valence-corrected chi connectivity index (χ0v) is 8.95. The highest BCUT2D eigenvalue weighted by Crippen LogP contribution is 2.47. The van der Waals surface area contributed by atoms with Crippen LogP contribution < -0.4 is 0 Å². The zero-order chi connectivity index (χ0) is 10.9. The summed E-state index contributed by atoms with van der Waals surface area (Å²) in [5.41, 5.74) is 0.304. The molecule has 1 heterocycles. The van der Waals surface area contributed by atoms with E-state index in [1.807, 2.05) is 0 Å². The van der Waals surface area contributed by atoms with Gasteiger partial charge in [-0.2, -0.15) is 4.98 Å². The summed E-state index contributed by atoms with van der Waals surface area (Å²) < 4.78 is 9.75. The second kappa shape index (κ2) is 3.64. The molecule has 1 fully saturated rings. The molecule has 0 bridgehead atoms. The van der Waals surface area contributed by atoms with Gasteiger partial charge in [-0.05, 0) is 30.3 Å². The molecule has 1 aromatic rings. The molecule has 0 atom stereocenters. The number of ether oxygens (including phenoxy) is 1. The van der Waals surface area contributed by atoms with Crippen LogP contribution in [-0.4, -0.2) is 22.7 Å². The van der Waals surface area contributed by atoms with Crippen LogP contribution in [0.1, 0.15) is 43.2 Å². The maximum absolute atomic E-state index is 11.2. The third kappa shape index (κ3) is 2.34. The molecule has 5 heteroatoms. The van der Waals surface area contributed by atoms with Crippen LogP contribution in [0.4, 0.5) is 0 Å². The van der Waals surface area contributed by atoms with Crippen LogP contribution in [0.5, 0.6) is 0 Å². The number of aromatic nitrogens is 2. The minimum absolute atomic E-state index is 0.0242. The fourth-order valence-electron chi connectivity index (χ4n) is 1.36. The minimum Gasteiger partial charge on any atom is -0.460 e. The third-order valence-corrected chi connectivity index (χ3v) is 2.61. The zero-order valence-electron chi connectivity index (χ0n) is 8.95. The lowest BCUT2D eigenvalue weighted by atomic mass is 10.1. The molecule has 82 valence electrons. The van der Waals surface area contributed by atoms with Gasteiger partial charge in [0.05, 0.1) is 6.61 Å². The molecule has 0 aliphatic heterocycles. The monoisotopic (exact) mass is 210 g/mol. The molecule has 1 aromatic heterocycles. The van der Waals surface area contributed by atoms with E-state index in [2.05, 4.69) is 17.1 Å². The fourth-order valence-corrected chi connectivity index (χ4v) is 1.36. The minimum atomic E-state index is -0.520. The van der Waals surface area contributed by atoms with Gasteiger partial charge in [-0.1, -0.05) is 6.92 Å². The number of carbonyl (C=O) groups excluding carboxylic acids is 1. The lowest BCUT2D eigenvalue weighted by Crippen LogP contribution is -2.07. The Bertz CT molecular complexity index is 368. The fraction of sp³-hybridized carbons (Fsp3) is 0.700. The van der Waals surface area contributed by atoms with Crippen molar-refractivity contribution >= 4 is 5.97 Å². The highest BCUT2D eigenvalue weighted by molar-refractivity contribution is 5.84. The Morgan fingerprint density at radius 2 is 2.33 bits per heavy atom. The second-order valence-electron chi connectivity index (χ2n) is 4.22. The van der Waals surface area contributed by atoms with Gasteiger partial charge in [-0.25, -0.2) is 4.79 Å². The Morgan fingerprint density at radius 3 is 2.93 bits per heavy atom. The van der Waals surface area contributed by atoms with Crippen LogP contribution in [0.15, 0.2) is 4.52 Å². The molecule has 0 amide bonds. The van der Waals surface area contributed by atoms with Crippen LogP contribution in [0.3, 0.4) is 0 Å². The van der Waals surface area contributed by atoms with Crippen molar-refractivity contribution in [1.29, 1.82) is 0 Å². The lowest BCUT2D eigenvalue weighted by Gasteiger charge is -2.00. The van der Waals surface area contributed by atoms with Gasteiger partial charge in [0, 0.05) is 6.42 Å². The summed E-state index contributed by atoms with van der Waals surface area (Å²) in [7, 11) is 0. The molecule has 5 nitrogen and oxygen atoms in total. The van der Waals surface area contributed by atoms with Crippen molar-refractivity contribution in [3.05, 3.63) is 11.7 Å². The molecule has 0 unspecified atom stereocenters. The summed E-state index contributed by atoms with van der Waals surface area (Å²) in [5.74, 6) is 0.0302.